The number of benzene rings is 1. The van der Waals surface area contributed by atoms with Gasteiger partial charge in [0.05, 0.1) is 5.41 Å². The van der Waals surface area contributed by atoms with Crippen LogP contribution in [0, 0.1) is 5.82 Å². The summed E-state index contributed by atoms with van der Waals surface area (Å²) in [5.74, 6) is 0.621. The Morgan fingerprint density at radius 2 is 2.00 bits per heavy atom. The summed E-state index contributed by atoms with van der Waals surface area (Å²) in [5.41, 5.74) is -0.136. The molecule has 1 aromatic heterocycles. The number of anilines is 1. The van der Waals surface area contributed by atoms with Crippen molar-refractivity contribution in [3.05, 3.63) is 60.0 Å². The van der Waals surface area contributed by atoms with Crippen molar-refractivity contribution >= 4 is 11.7 Å². The van der Waals surface area contributed by atoms with Crippen molar-refractivity contribution in [1.82, 2.24) is 10.3 Å². The third-order valence-electron chi connectivity index (χ3n) is 5.30. The number of hydrogen-bond donors (Lipinski definition) is 1. The van der Waals surface area contributed by atoms with Gasteiger partial charge in [0.2, 0.25) is 5.91 Å². The van der Waals surface area contributed by atoms with E-state index in [4.69, 9.17) is 0 Å². The molecule has 1 N–H and O–H groups in total. The second-order valence-corrected chi connectivity index (χ2v) is 7.01. The van der Waals surface area contributed by atoms with E-state index in [-0.39, 0.29) is 17.8 Å². The van der Waals surface area contributed by atoms with Crippen LogP contribution in [-0.4, -0.2) is 30.0 Å². The van der Waals surface area contributed by atoms with Crippen molar-refractivity contribution < 1.29 is 9.18 Å². The predicted molar refractivity (Wildman–Crippen MR) is 94.9 cm³/mol. The number of piperidine rings is 1. The van der Waals surface area contributed by atoms with Crippen LogP contribution in [0.1, 0.15) is 31.2 Å². The minimum atomic E-state index is -0.668. The van der Waals surface area contributed by atoms with Crippen molar-refractivity contribution in [2.24, 2.45) is 0 Å². The number of aromatic nitrogens is 1. The number of pyridine rings is 1. The summed E-state index contributed by atoms with van der Waals surface area (Å²) in [6.07, 6.45) is 5.18. The molecule has 5 heteroatoms. The second-order valence-electron chi connectivity index (χ2n) is 7.01. The van der Waals surface area contributed by atoms with Crippen LogP contribution in [0.25, 0.3) is 0 Å². The summed E-state index contributed by atoms with van der Waals surface area (Å²) >= 11 is 0. The molecule has 130 valence electrons. The molecule has 2 heterocycles. The number of rotatable bonds is 4. The molecule has 1 aliphatic heterocycles. The quantitative estimate of drug-likeness (QED) is 0.931. The van der Waals surface area contributed by atoms with Crippen LogP contribution in [0.4, 0.5) is 10.2 Å². The topological polar surface area (TPSA) is 45.2 Å². The maximum Gasteiger partial charge on any atom is 0.231 e. The van der Waals surface area contributed by atoms with Crippen molar-refractivity contribution in [3.8, 4) is 0 Å². The first-order valence-electron chi connectivity index (χ1n) is 8.91. The van der Waals surface area contributed by atoms with Crippen LogP contribution in [0.3, 0.4) is 0 Å². The number of amides is 1. The number of nitrogens with zero attached hydrogens (tertiary/aromatic N) is 2. The van der Waals surface area contributed by atoms with Crippen LogP contribution in [-0.2, 0) is 10.2 Å². The number of carbonyl (C=O) groups is 1. The summed E-state index contributed by atoms with van der Waals surface area (Å²) in [4.78, 5) is 19.5. The van der Waals surface area contributed by atoms with Crippen molar-refractivity contribution in [1.29, 1.82) is 0 Å². The van der Waals surface area contributed by atoms with Gasteiger partial charge in [-0.05, 0) is 43.9 Å². The lowest BCUT2D eigenvalue weighted by Gasteiger charge is -2.34. The molecule has 1 saturated carbocycles. The van der Waals surface area contributed by atoms with Gasteiger partial charge < -0.3 is 10.2 Å². The van der Waals surface area contributed by atoms with Crippen LogP contribution in [0.15, 0.2) is 48.7 Å². The molecule has 1 aliphatic carbocycles. The summed E-state index contributed by atoms with van der Waals surface area (Å²) in [6, 6.07) is 12.6. The molecule has 1 aromatic carbocycles. The van der Waals surface area contributed by atoms with E-state index in [0.29, 0.717) is 5.56 Å². The van der Waals surface area contributed by atoms with Gasteiger partial charge in [0, 0.05) is 30.9 Å². The first-order valence-corrected chi connectivity index (χ1v) is 8.91. The molecule has 1 amide bonds. The highest BCUT2D eigenvalue weighted by molar-refractivity contribution is 5.91. The third kappa shape index (κ3) is 3.11. The summed E-state index contributed by atoms with van der Waals surface area (Å²) in [5, 5.41) is 3.17. The van der Waals surface area contributed by atoms with Crippen LogP contribution < -0.4 is 10.2 Å². The lowest BCUT2D eigenvalue weighted by molar-refractivity contribution is -0.124. The molecule has 2 aromatic rings. The van der Waals surface area contributed by atoms with Gasteiger partial charge >= 0.3 is 0 Å². The number of hydrogen-bond acceptors (Lipinski definition) is 3. The zero-order chi connectivity index (χ0) is 17.3. The van der Waals surface area contributed by atoms with Gasteiger partial charge in [-0.15, -0.1) is 0 Å². The smallest absolute Gasteiger partial charge is 0.231 e. The molecule has 1 saturated heterocycles. The average Bonchev–Trinajstić information content (AvgIpc) is 3.45. The molecule has 4 rings (SSSR count). The Morgan fingerprint density at radius 3 is 2.72 bits per heavy atom. The average molecular weight is 339 g/mol. The van der Waals surface area contributed by atoms with Gasteiger partial charge in [0.25, 0.3) is 0 Å². The normalized spacial score (nSPS) is 21.6. The predicted octanol–water partition coefficient (Wildman–Crippen LogP) is 3.04. The fourth-order valence-electron chi connectivity index (χ4n) is 3.76. The summed E-state index contributed by atoms with van der Waals surface area (Å²) in [6.45, 7) is 1.69. The van der Waals surface area contributed by atoms with E-state index >= 15 is 0 Å². The minimum Gasteiger partial charge on any atom is -0.355 e. The fraction of sp³-hybridized carbons (Fsp3) is 0.400. The van der Waals surface area contributed by atoms with Crippen molar-refractivity contribution in [2.75, 3.05) is 18.0 Å². The largest absolute Gasteiger partial charge is 0.355 e. The van der Waals surface area contributed by atoms with Gasteiger partial charge in [0.15, 0.2) is 0 Å². The number of halogens is 1. The van der Waals surface area contributed by atoms with Crippen LogP contribution >= 0.6 is 0 Å². The lowest BCUT2D eigenvalue weighted by Crippen LogP contribution is -2.50. The lowest BCUT2D eigenvalue weighted by atomic mass is 9.93. The molecule has 2 fully saturated rings. The van der Waals surface area contributed by atoms with Gasteiger partial charge in [-0.25, -0.2) is 9.37 Å². The highest BCUT2D eigenvalue weighted by atomic mass is 19.1. The van der Waals surface area contributed by atoms with E-state index in [1.807, 2.05) is 18.2 Å². The molecule has 0 radical (unpaired) electrons. The van der Waals surface area contributed by atoms with Gasteiger partial charge in [-0.3, -0.25) is 4.79 Å². The SMILES string of the molecule is O=C(N[C@H]1CCCN(c2ccccn2)C1)C1(c2ccccc2F)CC1. The van der Waals surface area contributed by atoms with E-state index in [1.54, 1.807) is 24.4 Å². The van der Waals surface area contributed by atoms with Crippen LogP contribution in [0.2, 0.25) is 0 Å². The number of carbonyl (C=O) groups excluding carboxylic acids is 1. The van der Waals surface area contributed by atoms with Crippen LogP contribution in [0.5, 0.6) is 0 Å². The molecule has 0 bridgehead atoms. The zero-order valence-electron chi connectivity index (χ0n) is 14.1. The summed E-state index contributed by atoms with van der Waals surface area (Å²) in [7, 11) is 0. The van der Waals surface area contributed by atoms with E-state index in [2.05, 4.69) is 15.2 Å². The Hall–Kier alpha value is -2.43. The van der Waals surface area contributed by atoms with E-state index in [0.717, 1.165) is 44.6 Å². The van der Waals surface area contributed by atoms with Gasteiger partial charge in [0.1, 0.15) is 11.6 Å². The minimum absolute atomic E-state index is 0.0366. The molecule has 1 atom stereocenters. The molecular formula is C20H22FN3O. The summed E-state index contributed by atoms with van der Waals surface area (Å²) < 4.78 is 14.2. The van der Waals surface area contributed by atoms with Crippen molar-refractivity contribution in [3.63, 3.8) is 0 Å². The van der Waals surface area contributed by atoms with Crippen molar-refractivity contribution in [2.45, 2.75) is 37.1 Å². The van der Waals surface area contributed by atoms with Gasteiger partial charge in [-0.1, -0.05) is 24.3 Å². The Bertz CT molecular complexity index is 761. The highest BCUT2D eigenvalue weighted by Gasteiger charge is 2.53. The monoisotopic (exact) mass is 339 g/mol. The first-order chi connectivity index (χ1) is 12.2. The maximum atomic E-state index is 14.2. The third-order valence-corrected chi connectivity index (χ3v) is 5.30. The molecule has 0 spiro atoms. The Labute approximate surface area is 147 Å². The molecule has 0 unspecified atom stereocenters. The molecule has 4 nitrogen and oxygen atoms in total. The molecular weight excluding hydrogens is 317 g/mol. The zero-order valence-corrected chi connectivity index (χ0v) is 14.1. The standard InChI is InChI=1S/C20H22FN3O/c21-17-8-2-1-7-16(17)20(10-11-20)19(25)23-15-6-5-13-24(14-15)18-9-3-4-12-22-18/h1-4,7-9,12,15H,5-6,10-11,13-14H2,(H,23,25)/t15-/m0/s1. The maximum absolute atomic E-state index is 14.2. The Morgan fingerprint density at radius 1 is 1.20 bits per heavy atom. The first kappa shape index (κ1) is 16.1. The van der Waals surface area contributed by atoms with E-state index in [9.17, 15) is 9.18 Å². The van der Waals surface area contributed by atoms with E-state index < -0.39 is 5.41 Å². The highest BCUT2D eigenvalue weighted by Crippen LogP contribution is 2.49. The Kier molecular flexibility index (Phi) is 4.15. The van der Waals surface area contributed by atoms with E-state index in [1.165, 1.54) is 6.07 Å². The fourth-order valence-corrected chi connectivity index (χ4v) is 3.76. The second kappa shape index (κ2) is 6.47. The Balaban J connectivity index is 1.45. The number of nitrogens with one attached hydrogen (secondary N) is 1. The molecule has 25 heavy (non-hydrogen) atoms. The molecule has 2 aliphatic rings. The van der Waals surface area contributed by atoms with Gasteiger partial charge in [-0.2, -0.15) is 0 Å².